The first-order valence-corrected chi connectivity index (χ1v) is 7.44. The molecule has 0 aliphatic carbocycles. The second-order valence-electron chi connectivity index (χ2n) is 6.08. The molecule has 0 fully saturated rings. The van der Waals surface area contributed by atoms with Crippen molar-refractivity contribution < 1.29 is 0 Å². The maximum Gasteiger partial charge on any atom is 0.0237 e. The van der Waals surface area contributed by atoms with Crippen LogP contribution in [0.25, 0.3) is 0 Å². The highest BCUT2D eigenvalue weighted by atomic mass is 15.1. The lowest BCUT2D eigenvalue weighted by atomic mass is 9.98. The summed E-state index contributed by atoms with van der Waals surface area (Å²) in [5, 5.41) is 3.61. The van der Waals surface area contributed by atoms with Gasteiger partial charge in [0.15, 0.2) is 0 Å². The molecule has 0 aromatic heterocycles. The number of rotatable bonds is 8. The Labute approximate surface area is 119 Å². The number of likely N-dealkylation sites (N-methyl/N-ethyl adjacent to an activating group) is 1. The van der Waals surface area contributed by atoms with E-state index in [0.29, 0.717) is 17.9 Å². The molecular weight excluding hydrogens is 232 g/mol. The maximum atomic E-state index is 3.61. The van der Waals surface area contributed by atoms with Gasteiger partial charge in [-0.15, -0.1) is 0 Å². The highest BCUT2D eigenvalue weighted by molar-refractivity contribution is 5.18. The molecule has 0 heterocycles. The van der Waals surface area contributed by atoms with E-state index in [1.165, 1.54) is 12.0 Å². The standard InChI is InChI=1S/C17H30N2/c1-14(2)17(19(4)5)13-18-12-11-15(3)16-9-7-6-8-10-16/h6-10,14-15,17-18H,11-13H2,1-5H3. The van der Waals surface area contributed by atoms with Gasteiger partial charge < -0.3 is 10.2 Å². The van der Waals surface area contributed by atoms with Crippen molar-refractivity contribution in [2.45, 2.75) is 39.2 Å². The van der Waals surface area contributed by atoms with Crippen molar-refractivity contribution in [3.8, 4) is 0 Å². The molecule has 0 bridgehead atoms. The van der Waals surface area contributed by atoms with Crippen LogP contribution in [0.1, 0.15) is 38.7 Å². The first kappa shape index (κ1) is 16.2. The topological polar surface area (TPSA) is 15.3 Å². The summed E-state index contributed by atoms with van der Waals surface area (Å²) in [7, 11) is 4.33. The third-order valence-electron chi connectivity index (χ3n) is 3.91. The summed E-state index contributed by atoms with van der Waals surface area (Å²) < 4.78 is 0. The lowest BCUT2D eigenvalue weighted by Crippen LogP contribution is -2.41. The van der Waals surface area contributed by atoms with Gasteiger partial charge in [0.1, 0.15) is 0 Å². The lowest BCUT2D eigenvalue weighted by molar-refractivity contribution is 0.224. The Morgan fingerprint density at radius 2 is 1.68 bits per heavy atom. The molecule has 19 heavy (non-hydrogen) atoms. The monoisotopic (exact) mass is 262 g/mol. The molecule has 1 aromatic carbocycles. The molecule has 2 atom stereocenters. The molecule has 0 saturated heterocycles. The van der Waals surface area contributed by atoms with Crippen LogP contribution in [-0.4, -0.2) is 38.1 Å². The van der Waals surface area contributed by atoms with Gasteiger partial charge in [-0.2, -0.15) is 0 Å². The molecular formula is C17H30N2. The Kier molecular flexibility index (Phi) is 7.11. The molecule has 2 heteroatoms. The summed E-state index contributed by atoms with van der Waals surface area (Å²) >= 11 is 0. The van der Waals surface area contributed by atoms with Crippen molar-refractivity contribution in [3.63, 3.8) is 0 Å². The van der Waals surface area contributed by atoms with Crippen LogP contribution in [0, 0.1) is 5.92 Å². The van der Waals surface area contributed by atoms with Crippen molar-refractivity contribution in [2.24, 2.45) is 5.92 Å². The van der Waals surface area contributed by atoms with Crippen LogP contribution in [0.5, 0.6) is 0 Å². The van der Waals surface area contributed by atoms with Crippen LogP contribution in [0.3, 0.4) is 0 Å². The fourth-order valence-electron chi connectivity index (χ4n) is 2.53. The fraction of sp³-hybridized carbons (Fsp3) is 0.647. The van der Waals surface area contributed by atoms with Gasteiger partial charge in [-0.05, 0) is 44.5 Å². The average Bonchev–Trinajstić information content (AvgIpc) is 2.38. The summed E-state index contributed by atoms with van der Waals surface area (Å²) in [5.74, 6) is 1.32. The number of benzene rings is 1. The summed E-state index contributed by atoms with van der Waals surface area (Å²) in [6, 6.07) is 11.4. The van der Waals surface area contributed by atoms with Gasteiger partial charge in [0.2, 0.25) is 0 Å². The molecule has 0 saturated carbocycles. The zero-order valence-corrected chi connectivity index (χ0v) is 13.2. The van der Waals surface area contributed by atoms with Gasteiger partial charge in [-0.25, -0.2) is 0 Å². The van der Waals surface area contributed by atoms with Crippen molar-refractivity contribution in [1.29, 1.82) is 0 Å². The zero-order valence-electron chi connectivity index (χ0n) is 13.2. The van der Waals surface area contributed by atoms with E-state index in [-0.39, 0.29) is 0 Å². The summed E-state index contributed by atoms with van der Waals surface area (Å²) in [6.07, 6.45) is 1.20. The number of hydrogen-bond acceptors (Lipinski definition) is 2. The molecule has 0 radical (unpaired) electrons. The number of nitrogens with one attached hydrogen (secondary N) is 1. The van der Waals surface area contributed by atoms with Crippen molar-refractivity contribution in [2.75, 3.05) is 27.2 Å². The Bertz CT molecular complexity index is 324. The van der Waals surface area contributed by atoms with Crippen molar-refractivity contribution in [3.05, 3.63) is 35.9 Å². The Hall–Kier alpha value is -0.860. The molecule has 0 amide bonds. The minimum absolute atomic E-state index is 0.618. The zero-order chi connectivity index (χ0) is 14.3. The summed E-state index contributed by atoms with van der Waals surface area (Å²) in [4.78, 5) is 2.32. The summed E-state index contributed by atoms with van der Waals surface area (Å²) in [5.41, 5.74) is 1.44. The van der Waals surface area contributed by atoms with Gasteiger partial charge in [0.05, 0.1) is 0 Å². The van der Waals surface area contributed by atoms with E-state index >= 15 is 0 Å². The van der Waals surface area contributed by atoms with Gasteiger partial charge in [-0.1, -0.05) is 51.1 Å². The third-order valence-corrected chi connectivity index (χ3v) is 3.91. The first-order chi connectivity index (χ1) is 9.02. The Morgan fingerprint density at radius 1 is 1.05 bits per heavy atom. The van der Waals surface area contributed by atoms with E-state index in [2.05, 4.69) is 75.4 Å². The van der Waals surface area contributed by atoms with Crippen molar-refractivity contribution >= 4 is 0 Å². The molecule has 1 aromatic rings. The first-order valence-electron chi connectivity index (χ1n) is 7.44. The third kappa shape index (κ3) is 5.75. The minimum atomic E-state index is 0.618. The molecule has 0 aliphatic rings. The largest absolute Gasteiger partial charge is 0.315 e. The normalized spacial score (nSPS) is 14.9. The predicted molar refractivity (Wildman–Crippen MR) is 84.7 cm³/mol. The molecule has 2 nitrogen and oxygen atoms in total. The molecule has 108 valence electrons. The Balaban J connectivity index is 2.27. The lowest BCUT2D eigenvalue weighted by Gasteiger charge is -2.28. The van der Waals surface area contributed by atoms with E-state index < -0.39 is 0 Å². The van der Waals surface area contributed by atoms with Gasteiger partial charge >= 0.3 is 0 Å². The minimum Gasteiger partial charge on any atom is -0.315 e. The van der Waals surface area contributed by atoms with E-state index in [4.69, 9.17) is 0 Å². The maximum absolute atomic E-state index is 3.61. The molecule has 1 rings (SSSR count). The predicted octanol–water partition coefficient (Wildman–Crippen LogP) is 3.36. The van der Waals surface area contributed by atoms with Crippen LogP contribution >= 0.6 is 0 Å². The van der Waals surface area contributed by atoms with Gasteiger partial charge in [0.25, 0.3) is 0 Å². The van der Waals surface area contributed by atoms with Crippen LogP contribution in [0.4, 0.5) is 0 Å². The van der Waals surface area contributed by atoms with E-state index in [1.807, 2.05) is 0 Å². The smallest absolute Gasteiger partial charge is 0.0237 e. The summed E-state index contributed by atoms with van der Waals surface area (Å²) in [6.45, 7) is 9.06. The van der Waals surface area contributed by atoms with E-state index in [0.717, 1.165) is 13.1 Å². The van der Waals surface area contributed by atoms with Crippen LogP contribution in [-0.2, 0) is 0 Å². The molecule has 2 unspecified atom stereocenters. The van der Waals surface area contributed by atoms with Gasteiger partial charge in [0, 0.05) is 12.6 Å². The second kappa shape index (κ2) is 8.34. The van der Waals surface area contributed by atoms with Gasteiger partial charge in [-0.3, -0.25) is 0 Å². The number of nitrogens with zero attached hydrogens (tertiary/aromatic N) is 1. The second-order valence-corrected chi connectivity index (χ2v) is 6.08. The average molecular weight is 262 g/mol. The molecule has 0 aliphatic heterocycles. The SMILES string of the molecule is CC(CCNCC(C(C)C)N(C)C)c1ccccc1. The van der Waals surface area contributed by atoms with E-state index in [9.17, 15) is 0 Å². The highest BCUT2D eigenvalue weighted by Gasteiger charge is 2.14. The van der Waals surface area contributed by atoms with Crippen molar-refractivity contribution in [1.82, 2.24) is 10.2 Å². The number of hydrogen-bond donors (Lipinski definition) is 1. The Morgan fingerprint density at radius 3 is 2.21 bits per heavy atom. The van der Waals surface area contributed by atoms with Crippen LogP contribution in [0.15, 0.2) is 30.3 Å². The van der Waals surface area contributed by atoms with Crippen LogP contribution in [0.2, 0.25) is 0 Å². The highest BCUT2D eigenvalue weighted by Crippen LogP contribution is 2.17. The van der Waals surface area contributed by atoms with E-state index in [1.54, 1.807) is 0 Å². The van der Waals surface area contributed by atoms with Crippen LogP contribution < -0.4 is 5.32 Å². The quantitative estimate of drug-likeness (QED) is 0.723. The fourth-order valence-corrected chi connectivity index (χ4v) is 2.53. The molecule has 1 N–H and O–H groups in total. The molecule has 0 spiro atoms.